The van der Waals surface area contributed by atoms with Crippen molar-refractivity contribution >= 4 is 0 Å². The lowest BCUT2D eigenvalue weighted by Crippen LogP contribution is -2.52. The van der Waals surface area contributed by atoms with Gasteiger partial charge in [-0.3, -0.25) is 4.90 Å². The standard InChI is InChI=1S/C13H23NO3/c15-12-2-1-5-14(9-12)11-3-6-17-13(8-11)4-7-16-10-13/h11-12,15H,1-10H2/t11?,12-,13?/m0/s1. The van der Waals surface area contributed by atoms with E-state index in [-0.39, 0.29) is 11.7 Å². The van der Waals surface area contributed by atoms with Crippen LogP contribution in [0.25, 0.3) is 0 Å². The Morgan fingerprint density at radius 2 is 2.18 bits per heavy atom. The predicted octanol–water partition coefficient (Wildman–Crippen LogP) is 0.781. The summed E-state index contributed by atoms with van der Waals surface area (Å²) in [7, 11) is 0. The Kier molecular flexibility index (Phi) is 3.39. The van der Waals surface area contributed by atoms with Gasteiger partial charge in [0.15, 0.2) is 0 Å². The number of hydrogen-bond donors (Lipinski definition) is 1. The van der Waals surface area contributed by atoms with E-state index in [4.69, 9.17) is 9.47 Å². The SMILES string of the molecule is O[C@H]1CCCN(C2CCOC3(CCOC3)C2)C1. The van der Waals surface area contributed by atoms with Crippen LogP contribution in [0.15, 0.2) is 0 Å². The number of likely N-dealkylation sites (tertiary alicyclic amines) is 1. The summed E-state index contributed by atoms with van der Waals surface area (Å²) >= 11 is 0. The molecule has 0 radical (unpaired) electrons. The van der Waals surface area contributed by atoms with Crippen LogP contribution in [0.2, 0.25) is 0 Å². The van der Waals surface area contributed by atoms with E-state index in [1.54, 1.807) is 0 Å². The number of piperidine rings is 1. The highest BCUT2D eigenvalue weighted by Crippen LogP contribution is 2.35. The second-order valence-electron chi connectivity index (χ2n) is 5.77. The number of rotatable bonds is 1. The van der Waals surface area contributed by atoms with Crippen molar-refractivity contribution in [1.82, 2.24) is 4.90 Å². The Hall–Kier alpha value is -0.160. The zero-order chi connectivity index (χ0) is 11.7. The van der Waals surface area contributed by atoms with Gasteiger partial charge in [-0.05, 0) is 32.2 Å². The quantitative estimate of drug-likeness (QED) is 0.736. The molecule has 3 heterocycles. The minimum absolute atomic E-state index is 0.00861. The Balaban J connectivity index is 1.62. The lowest BCUT2D eigenvalue weighted by Gasteiger charge is -2.44. The Morgan fingerprint density at radius 3 is 2.94 bits per heavy atom. The molecule has 3 atom stereocenters. The van der Waals surface area contributed by atoms with Crippen LogP contribution >= 0.6 is 0 Å². The maximum atomic E-state index is 9.77. The summed E-state index contributed by atoms with van der Waals surface area (Å²) in [5.74, 6) is 0. The molecule has 3 rings (SSSR count). The Morgan fingerprint density at radius 1 is 1.24 bits per heavy atom. The molecule has 4 heteroatoms. The molecule has 3 saturated heterocycles. The van der Waals surface area contributed by atoms with Gasteiger partial charge < -0.3 is 14.6 Å². The fourth-order valence-electron chi connectivity index (χ4n) is 3.49. The first-order chi connectivity index (χ1) is 8.27. The maximum Gasteiger partial charge on any atom is 0.0951 e. The van der Waals surface area contributed by atoms with Gasteiger partial charge in [0.1, 0.15) is 0 Å². The molecule has 0 amide bonds. The van der Waals surface area contributed by atoms with Crippen LogP contribution < -0.4 is 0 Å². The molecule has 4 nitrogen and oxygen atoms in total. The fourth-order valence-corrected chi connectivity index (χ4v) is 3.49. The minimum atomic E-state index is -0.123. The average molecular weight is 241 g/mol. The highest BCUT2D eigenvalue weighted by molar-refractivity contribution is 4.94. The third-order valence-corrected chi connectivity index (χ3v) is 4.48. The van der Waals surface area contributed by atoms with Crippen molar-refractivity contribution in [3.8, 4) is 0 Å². The molecule has 3 aliphatic rings. The number of β-amino-alcohol motifs (C(OH)–C–C–N with tert-alkyl or cyclic N) is 1. The molecule has 0 aromatic heterocycles. The van der Waals surface area contributed by atoms with Gasteiger partial charge in [-0.15, -0.1) is 0 Å². The summed E-state index contributed by atoms with van der Waals surface area (Å²) in [5.41, 5.74) is -0.00861. The molecule has 3 fully saturated rings. The van der Waals surface area contributed by atoms with Crippen molar-refractivity contribution in [2.75, 3.05) is 32.9 Å². The number of aliphatic hydroxyl groups excluding tert-OH is 1. The molecule has 0 saturated carbocycles. The zero-order valence-electron chi connectivity index (χ0n) is 10.4. The van der Waals surface area contributed by atoms with Crippen molar-refractivity contribution in [2.24, 2.45) is 0 Å². The molecule has 0 aromatic carbocycles. The van der Waals surface area contributed by atoms with E-state index in [1.165, 1.54) is 0 Å². The van der Waals surface area contributed by atoms with Gasteiger partial charge in [0.05, 0.1) is 18.3 Å². The van der Waals surface area contributed by atoms with Crippen LogP contribution in [0.3, 0.4) is 0 Å². The van der Waals surface area contributed by atoms with E-state index in [9.17, 15) is 5.11 Å². The van der Waals surface area contributed by atoms with Gasteiger partial charge >= 0.3 is 0 Å². The largest absolute Gasteiger partial charge is 0.392 e. The maximum absolute atomic E-state index is 9.77. The smallest absolute Gasteiger partial charge is 0.0951 e. The first-order valence-corrected chi connectivity index (χ1v) is 6.91. The topological polar surface area (TPSA) is 41.9 Å². The summed E-state index contributed by atoms with van der Waals surface area (Å²) in [6.07, 6.45) is 5.20. The van der Waals surface area contributed by atoms with E-state index in [1.807, 2.05) is 0 Å². The molecule has 98 valence electrons. The summed E-state index contributed by atoms with van der Waals surface area (Å²) in [5, 5.41) is 9.77. The molecule has 2 unspecified atom stereocenters. The number of nitrogens with zero attached hydrogens (tertiary/aromatic N) is 1. The number of ether oxygens (including phenoxy) is 2. The lowest BCUT2D eigenvalue weighted by molar-refractivity contribution is -0.112. The molecule has 0 bridgehead atoms. The Labute approximate surface area is 103 Å². The van der Waals surface area contributed by atoms with Crippen LogP contribution in [0.5, 0.6) is 0 Å². The first kappa shape index (κ1) is 11.9. The summed E-state index contributed by atoms with van der Waals surface area (Å²) in [6.45, 7) is 4.44. The molecular weight excluding hydrogens is 218 g/mol. The van der Waals surface area contributed by atoms with Gasteiger partial charge in [0.2, 0.25) is 0 Å². The zero-order valence-corrected chi connectivity index (χ0v) is 10.4. The molecule has 0 aromatic rings. The van der Waals surface area contributed by atoms with Crippen molar-refractivity contribution < 1.29 is 14.6 Å². The molecule has 3 aliphatic heterocycles. The lowest BCUT2D eigenvalue weighted by atomic mass is 9.88. The monoisotopic (exact) mass is 241 g/mol. The van der Waals surface area contributed by atoms with E-state index in [2.05, 4.69) is 4.90 Å². The average Bonchev–Trinajstić information content (AvgIpc) is 2.77. The molecule has 1 N–H and O–H groups in total. The van der Waals surface area contributed by atoms with Gasteiger partial charge in [-0.1, -0.05) is 0 Å². The summed E-state index contributed by atoms with van der Waals surface area (Å²) in [4.78, 5) is 2.47. The van der Waals surface area contributed by atoms with Crippen LogP contribution in [0.4, 0.5) is 0 Å². The van der Waals surface area contributed by atoms with Crippen LogP contribution in [0, 0.1) is 0 Å². The van der Waals surface area contributed by atoms with Crippen molar-refractivity contribution in [1.29, 1.82) is 0 Å². The van der Waals surface area contributed by atoms with Gasteiger partial charge in [0.25, 0.3) is 0 Å². The molecular formula is C13H23NO3. The Bertz CT molecular complexity index is 265. The number of hydrogen-bond acceptors (Lipinski definition) is 4. The second-order valence-corrected chi connectivity index (χ2v) is 5.77. The van der Waals surface area contributed by atoms with Gasteiger partial charge in [0, 0.05) is 32.2 Å². The van der Waals surface area contributed by atoms with Crippen molar-refractivity contribution in [3.05, 3.63) is 0 Å². The minimum Gasteiger partial charge on any atom is -0.392 e. The van der Waals surface area contributed by atoms with Crippen molar-refractivity contribution in [3.63, 3.8) is 0 Å². The van der Waals surface area contributed by atoms with E-state index < -0.39 is 0 Å². The summed E-state index contributed by atoms with van der Waals surface area (Å²) in [6, 6.07) is 0.584. The molecule has 0 aliphatic carbocycles. The van der Waals surface area contributed by atoms with Crippen molar-refractivity contribution in [2.45, 2.75) is 49.9 Å². The van der Waals surface area contributed by atoms with Crippen LogP contribution in [-0.2, 0) is 9.47 Å². The third-order valence-electron chi connectivity index (χ3n) is 4.48. The van der Waals surface area contributed by atoms with Gasteiger partial charge in [-0.25, -0.2) is 0 Å². The fraction of sp³-hybridized carbons (Fsp3) is 1.00. The van der Waals surface area contributed by atoms with E-state index in [0.717, 1.165) is 65.0 Å². The third kappa shape index (κ3) is 2.50. The second kappa shape index (κ2) is 4.84. The van der Waals surface area contributed by atoms with E-state index in [0.29, 0.717) is 6.04 Å². The summed E-state index contributed by atoms with van der Waals surface area (Å²) < 4.78 is 11.5. The molecule has 1 spiro atoms. The van der Waals surface area contributed by atoms with E-state index >= 15 is 0 Å². The van der Waals surface area contributed by atoms with Crippen LogP contribution in [-0.4, -0.2) is 60.7 Å². The van der Waals surface area contributed by atoms with Gasteiger partial charge in [-0.2, -0.15) is 0 Å². The normalized spacial score (nSPS) is 44.3. The highest BCUT2D eigenvalue weighted by atomic mass is 16.6. The van der Waals surface area contributed by atoms with Crippen LogP contribution in [0.1, 0.15) is 32.1 Å². The number of aliphatic hydroxyl groups is 1. The predicted molar refractivity (Wildman–Crippen MR) is 64.0 cm³/mol. The molecule has 17 heavy (non-hydrogen) atoms. The highest BCUT2D eigenvalue weighted by Gasteiger charge is 2.42. The first-order valence-electron chi connectivity index (χ1n) is 6.91.